The van der Waals surface area contributed by atoms with Crippen LogP contribution in [0.25, 0.3) is 11.1 Å². The van der Waals surface area contributed by atoms with Gasteiger partial charge in [0.2, 0.25) is 11.9 Å². The van der Waals surface area contributed by atoms with Gasteiger partial charge in [0.05, 0.1) is 5.92 Å². The van der Waals surface area contributed by atoms with E-state index < -0.39 is 0 Å². The van der Waals surface area contributed by atoms with Gasteiger partial charge in [-0.05, 0) is 61.7 Å². The lowest BCUT2D eigenvalue weighted by Gasteiger charge is -2.32. The van der Waals surface area contributed by atoms with Crippen LogP contribution in [0.2, 0.25) is 0 Å². The standard InChI is InChI=1S/C29H28N4O2/c1-21-9-11-22(12-10-21)24-18-30-29(31-19-24)33-17-5-6-23(20-33)28(34)32-25-13-15-27(16-14-25)35-26-7-3-2-4-8-26/h2-4,7-16,18-19,23H,5-6,17,20H2,1H3,(H,32,34)/t23-/m1/s1. The maximum Gasteiger partial charge on any atom is 0.229 e. The topological polar surface area (TPSA) is 67.4 Å². The van der Waals surface area contributed by atoms with Crippen LogP contribution in [-0.4, -0.2) is 29.0 Å². The Hall–Kier alpha value is -4.19. The third-order valence-electron chi connectivity index (χ3n) is 6.20. The zero-order valence-corrected chi connectivity index (χ0v) is 19.7. The number of para-hydroxylation sites is 1. The summed E-state index contributed by atoms with van der Waals surface area (Å²) in [5, 5.41) is 3.05. The normalized spacial score (nSPS) is 15.5. The fourth-order valence-corrected chi connectivity index (χ4v) is 4.23. The van der Waals surface area contributed by atoms with Gasteiger partial charge in [-0.1, -0.05) is 48.0 Å². The highest BCUT2D eigenvalue weighted by Crippen LogP contribution is 2.26. The Morgan fingerprint density at radius 1 is 0.886 bits per heavy atom. The molecule has 0 radical (unpaired) electrons. The van der Waals surface area contributed by atoms with E-state index in [-0.39, 0.29) is 11.8 Å². The molecule has 1 aliphatic rings. The van der Waals surface area contributed by atoms with E-state index in [0.29, 0.717) is 12.5 Å². The van der Waals surface area contributed by atoms with E-state index in [9.17, 15) is 4.79 Å². The number of benzene rings is 3. The van der Waals surface area contributed by atoms with Gasteiger partial charge in [0.15, 0.2) is 0 Å². The fraction of sp³-hybridized carbons (Fsp3) is 0.207. The predicted molar refractivity (Wildman–Crippen MR) is 139 cm³/mol. The maximum absolute atomic E-state index is 13.0. The van der Waals surface area contributed by atoms with Gasteiger partial charge in [-0.25, -0.2) is 9.97 Å². The number of amides is 1. The summed E-state index contributed by atoms with van der Waals surface area (Å²) in [6, 6.07) is 25.4. The first-order chi connectivity index (χ1) is 17.1. The minimum Gasteiger partial charge on any atom is -0.457 e. The second kappa shape index (κ2) is 10.4. The van der Waals surface area contributed by atoms with E-state index in [2.05, 4.69) is 51.4 Å². The molecule has 1 aromatic heterocycles. The number of anilines is 2. The summed E-state index contributed by atoms with van der Waals surface area (Å²) in [7, 11) is 0. The lowest BCUT2D eigenvalue weighted by molar-refractivity contribution is -0.120. The molecule has 0 unspecified atom stereocenters. The third kappa shape index (κ3) is 5.66. The molecule has 5 rings (SSSR count). The maximum atomic E-state index is 13.0. The lowest BCUT2D eigenvalue weighted by atomic mass is 9.97. The molecule has 1 N–H and O–H groups in total. The lowest BCUT2D eigenvalue weighted by Crippen LogP contribution is -2.41. The molecule has 0 bridgehead atoms. The molecule has 1 fully saturated rings. The third-order valence-corrected chi connectivity index (χ3v) is 6.20. The number of hydrogen-bond acceptors (Lipinski definition) is 5. The van der Waals surface area contributed by atoms with Crippen molar-refractivity contribution in [2.75, 3.05) is 23.3 Å². The van der Waals surface area contributed by atoms with Crippen LogP contribution in [0.15, 0.2) is 91.3 Å². The number of ether oxygens (including phenoxy) is 1. The summed E-state index contributed by atoms with van der Waals surface area (Å²) < 4.78 is 5.83. The van der Waals surface area contributed by atoms with Crippen molar-refractivity contribution in [3.63, 3.8) is 0 Å². The van der Waals surface area contributed by atoms with Crippen LogP contribution in [-0.2, 0) is 4.79 Å². The molecule has 3 aromatic carbocycles. The number of nitrogens with one attached hydrogen (secondary N) is 1. The van der Waals surface area contributed by atoms with E-state index in [1.807, 2.05) is 67.0 Å². The summed E-state index contributed by atoms with van der Waals surface area (Å²) in [6.07, 6.45) is 5.48. The number of nitrogens with zero attached hydrogens (tertiary/aromatic N) is 3. The van der Waals surface area contributed by atoms with Gasteiger partial charge in [0.1, 0.15) is 11.5 Å². The molecule has 1 atom stereocenters. The van der Waals surface area contributed by atoms with E-state index in [4.69, 9.17) is 4.74 Å². The number of hydrogen-bond donors (Lipinski definition) is 1. The monoisotopic (exact) mass is 464 g/mol. The number of carbonyl (C=O) groups excluding carboxylic acids is 1. The van der Waals surface area contributed by atoms with Crippen LogP contribution in [0.5, 0.6) is 11.5 Å². The number of piperidine rings is 1. The molecule has 1 saturated heterocycles. The average molecular weight is 465 g/mol. The Labute approximate surface area is 205 Å². The van der Waals surface area contributed by atoms with Crippen LogP contribution in [0.4, 0.5) is 11.6 Å². The van der Waals surface area contributed by atoms with Gasteiger partial charge in [-0.2, -0.15) is 0 Å². The van der Waals surface area contributed by atoms with Crippen LogP contribution >= 0.6 is 0 Å². The molecule has 6 nitrogen and oxygen atoms in total. The van der Waals surface area contributed by atoms with Gasteiger partial charge >= 0.3 is 0 Å². The van der Waals surface area contributed by atoms with E-state index in [1.54, 1.807) is 0 Å². The summed E-state index contributed by atoms with van der Waals surface area (Å²) in [6.45, 7) is 3.52. The smallest absolute Gasteiger partial charge is 0.229 e. The minimum absolute atomic E-state index is 0.0164. The summed E-state index contributed by atoms with van der Waals surface area (Å²) in [5.74, 6) is 2.07. The van der Waals surface area contributed by atoms with Crippen molar-refractivity contribution in [3.8, 4) is 22.6 Å². The van der Waals surface area contributed by atoms with Gasteiger partial charge in [0, 0.05) is 36.7 Å². The highest BCUT2D eigenvalue weighted by atomic mass is 16.5. The van der Waals surface area contributed by atoms with Gasteiger partial charge in [0.25, 0.3) is 0 Å². The van der Waals surface area contributed by atoms with Gasteiger partial charge < -0.3 is 15.0 Å². The first-order valence-corrected chi connectivity index (χ1v) is 11.9. The Morgan fingerprint density at radius 2 is 1.57 bits per heavy atom. The van der Waals surface area contributed by atoms with Crippen molar-refractivity contribution in [2.24, 2.45) is 5.92 Å². The molecular formula is C29H28N4O2. The highest BCUT2D eigenvalue weighted by molar-refractivity contribution is 5.93. The largest absolute Gasteiger partial charge is 0.457 e. The van der Waals surface area contributed by atoms with Gasteiger partial charge in [-0.3, -0.25) is 4.79 Å². The van der Waals surface area contributed by atoms with Crippen molar-refractivity contribution < 1.29 is 9.53 Å². The second-order valence-corrected chi connectivity index (χ2v) is 8.85. The molecule has 0 spiro atoms. The molecule has 1 amide bonds. The van der Waals surface area contributed by atoms with Crippen molar-refractivity contribution in [3.05, 3.63) is 96.8 Å². The summed E-state index contributed by atoms with van der Waals surface area (Å²) in [4.78, 5) is 24.3. The van der Waals surface area contributed by atoms with Crippen molar-refractivity contribution >= 4 is 17.5 Å². The van der Waals surface area contributed by atoms with Crippen molar-refractivity contribution in [1.82, 2.24) is 9.97 Å². The fourth-order valence-electron chi connectivity index (χ4n) is 4.23. The van der Waals surface area contributed by atoms with E-state index >= 15 is 0 Å². The van der Waals surface area contributed by atoms with Crippen LogP contribution in [0.1, 0.15) is 18.4 Å². The van der Waals surface area contributed by atoms with Crippen LogP contribution < -0.4 is 15.0 Å². The zero-order chi connectivity index (χ0) is 24.0. The zero-order valence-electron chi connectivity index (χ0n) is 19.7. The van der Waals surface area contributed by atoms with E-state index in [1.165, 1.54) is 5.56 Å². The molecule has 0 aliphatic carbocycles. The Morgan fingerprint density at radius 3 is 2.29 bits per heavy atom. The first kappa shape index (κ1) is 22.6. The number of aryl methyl sites for hydroxylation is 1. The van der Waals surface area contributed by atoms with Crippen LogP contribution in [0.3, 0.4) is 0 Å². The average Bonchev–Trinajstić information content (AvgIpc) is 2.91. The minimum atomic E-state index is -0.121. The van der Waals surface area contributed by atoms with Gasteiger partial charge in [-0.15, -0.1) is 0 Å². The van der Waals surface area contributed by atoms with Crippen molar-refractivity contribution in [1.29, 1.82) is 0 Å². The number of rotatable bonds is 6. The van der Waals surface area contributed by atoms with Crippen LogP contribution in [0, 0.1) is 12.8 Å². The quantitative estimate of drug-likeness (QED) is 0.373. The summed E-state index contributed by atoms with van der Waals surface area (Å²) >= 11 is 0. The molecule has 0 saturated carbocycles. The first-order valence-electron chi connectivity index (χ1n) is 11.9. The number of aromatic nitrogens is 2. The second-order valence-electron chi connectivity index (χ2n) is 8.85. The molecule has 2 heterocycles. The molecular weight excluding hydrogens is 436 g/mol. The molecule has 4 aromatic rings. The Bertz CT molecular complexity index is 1260. The van der Waals surface area contributed by atoms with Crippen molar-refractivity contribution in [2.45, 2.75) is 19.8 Å². The number of carbonyl (C=O) groups is 1. The highest BCUT2D eigenvalue weighted by Gasteiger charge is 2.27. The molecule has 35 heavy (non-hydrogen) atoms. The molecule has 6 heteroatoms. The summed E-state index contributed by atoms with van der Waals surface area (Å²) in [5.41, 5.74) is 4.06. The Kier molecular flexibility index (Phi) is 6.70. The molecule has 1 aliphatic heterocycles. The SMILES string of the molecule is Cc1ccc(-c2cnc(N3CCC[C@@H](C(=O)Nc4ccc(Oc5ccccc5)cc4)C3)nc2)cc1. The van der Waals surface area contributed by atoms with E-state index in [0.717, 1.165) is 47.7 Å². The predicted octanol–water partition coefficient (Wildman–Crippen LogP) is 6.10. The molecule has 176 valence electrons. The Balaban J connectivity index is 1.18.